The van der Waals surface area contributed by atoms with E-state index in [-0.39, 0.29) is 0 Å². The summed E-state index contributed by atoms with van der Waals surface area (Å²) in [6, 6.07) is 19.9. The maximum absolute atomic E-state index is 5.60. The molecule has 5 aromatic rings. The Hall–Kier alpha value is -4.46. The molecule has 5 rings (SSSR count). The smallest absolute Gasteiger partial charge is 0.169 e. The zero-order valence-corrected chi connectivity index (χ0v) is 19.2. The lowest BCUT2D eigenvalue weighted by Crippen LogP contribution is -2.05. The van der Waals surface area contributed by atoms with Crippen LogP contribution in [-0.2, 0) is 13.6 Å². The Labute approximate surface area is 197 Å². The lowest BCUT2D eigenvalue weighted by atomic mass is 10.0. The Morgan fingerprint density at radius 3 is 2.47 bits per heavy atom. The first-order chi connectivity index (χ1) is 16.7. The second-order valence-corrected chi connectivity index (χ2v) is 7.73. The molecule has 3 heterocycles. The molecule has 0 atom stereocenters. The summed E-state index contributed by atoms with van der Waals surface area (Å²) in [6.45, 7) is 0.573. The zero-order valence-electron chi connectivity index (χ0n) is 19.2. The van der Waals surface area contributed by atoms with Crippen LogP contribution in [0.25, 0.3) is 33.5 Å². The molecule has 0 spiro atoms. The van der Waals surface area contributed by atoms with E-state index in [4.69, 9.17) is 14.5 Å². The van der Waals surface area contributed by atoms with Crippen molar-refractivity contribution in [1.29, 1.82) is 0 Å². The van der Waals surface area contributed by atoms with E-state index in [2.05, 4.69) is 32.5 Å². The molecule has 0 unspecified atom stereocenters. The molecule has 2 aromatic carbocycles. The first kappa shape index (κ1) is 21.4. The predicted octanol–water partition coefficient (Wildman–Crippen LogP) is 4.72. The second-order valence-electron chi connectivity index (χ2n) is 7.73. The first-order valence-corrected chi connectivity index (χ1v) is 10.8. The topological polar surface area (TPSA) is 87.0 Å². The Morgan fingerprint density at radius 1 is 0.941 bits per heavy atom. The van der Waals surface area contributed by atoms with Crippen LogP contribution in [0.5, 0.6) is 11.5 Å². The standard InChI is InChI=1S/C26H24N6O2/c1-32-25(18-7-5-4-6-8-18)20(15-30-32)23-24-21(28-16-29-23)13-22(34-3)26(31-24)27-14-17-9-11-19(33-2)12-10-17/h4-13,15-16H,14H2,1-3H3,(H,27,31). The number of aromatic nitrogens is 5. The van der Waals surface area contributed by atoms with Crippen molar-refractivity contribution in [3.63, 3.8) is 0 Å². The minimum absolute atomic E-state index is 0.573. The van der Waals surface area contributed by atoms with Crippen molar-refractivity contribution in [1.82, 2.24) is 24.7 Å². The van der Waals surface area contributed by atoms with Crippen molar-refractivity contribution in [3.8, 4) is 34.0 Å². The summed E-state index contributed by atoms with van der Waals surface area (Å²) in [5.41, 5.74) is 6.08. The van der Waals surface area contributed by atoms with Crippen molar-refractivity contribution < 1.29 is 9.47 Å². The fourth-order valence-electron chi connectivity index (χ4n) is 3.93. The van der Waals surface area contributed by atoms with Crippen molar-refractivity contribution in [3.05, 3.63) is 78.8 Å². The molecule has 0 aliphatic rings. The van der Waals surface area contributed by atoms with Crippen molar-refractivity contribution in [2.24, 2.45) is 7.05 Å². The molecule has 0 amide bonds. The molecule has 0 saturated carbocycles. The van der Waals surface area contributed by atoms with Gasteiger partial charge >= 0.3 is 0 Å². The highest BCUT2D eigenvalue weighted by Crippen LogP contribution is 2.35. The number of fused-ring (bicyclic) bond motifs is 1. The summed E-state index contributed by atoms with van der Waals surface area (Å²) in [7, 11) is 5.20. The van der Waals surface area contributed by atoms with Crippen molar-refractivity contribution in [2.45, 2.75) is 6.54 Å². The molecule has 3 aromatic heterocycles. The van der Waals surface area contributed by atoms with Crippen LogP contribution in [0, 0.1) is 0 Å². The molecule has 0 aliphatic carbocycles. The van der Waals surface area contributed by atoms with Crippen LogP contribution in [0.1, 0.15) is 5.56 Å². The maximum Gasteiger partial charge on any atom is 0.169 e. The number of nitrogens with one attached hydrogen (secondary N) is 1. The fourth-order valence-corrected chi connectivity index (χ4v) is 3.93. The minimum Gasteiger partial charge on any atom is -0.497 e. The van der Waals surface area contributed by atoms with Gasteiger partial charge < -0.3 is 14.8 Å². The second kappa shape index (κ2) is 9.19. The average Bonchev–Trinajstić information content (AvgIpc) is 3.28. The minimum atomic E-state index is 0.573. The van der Waals surface area contributed by atoms with Gasteiger partial charge in [-0.25, -0.2) is 15.0 Å². The molecule has 0 bridgehead atoms. The van der Waals surface area contributed by atoms with E-state index in [0.29, 0.717) is 34.8 Å². The third kappa shape index (κ3) is 4.01. The van der Waals surface area contributed by atoms with Gasteiger partial charge in [-0.15, -0.1) is 0 Å². The quantitative estimate of drug-likeness (QED) is 0.382. The van der Waals surface area contributed by atoms with Gasteiger partial charge in [0.2, 0.25) is 0 Å². The van der Waals surface area contributed by atoms with E-state index < -0.39 is 0 Å². The number of benzene rings is 2. The number of hydrogen-bond acceptors (Lipinski definition) is 7. The summed E-state index contributed by atoms with van der Waals surface area (Å²) >= 11 is 0. The molecule has 0 fully saturated rings. The molecule has 0 saturated heterocycles. The summed E-state index contributed by atoms with van der Waals surface area (Å²) in [5.74, 6) is 2.05. The number of anilines is 1. The third-order valence-corrected chi connectivity index (χ3v) is 5.66. The molecule has 0 radical (unpaired) electrons. The van der Waals surface area contributed by atoms with Gasteiger partial charge in [0.1, 0.15) is 23.3 Å². The molecule has 0 aliphatic heterocycles. The molecule has 8 nitrogen and oxygen atoms in total. The number of methoxy groups -OCH3 is 2. The number of rotatable bonds is 7. The van der Waals surface area contributed by atoms with Crippen LogP contribution in [0.4, 0.5) is 5.82 Å². The van der Waals surface area contributed by atoms with Crippen LogP contribution < -0.4 is 14.8 Å². The first-order valence-electron chi connectivity index (χ1n) is 10.8. The van der Waals surface area contributed by atoms with Gasteiger partial charge in [0, 0.05) is 30.8 Å². The monoisotopic (exact) mass is 452 g/mol. The number of hydrogen-bond donors (Lipinski definition) is 1. The van der Waals surface area contributed by atoms with Gasteiger partial charge in [-0.1, -0.05) is 42.5 Å². The zero-order chi connectivity index (χ0) is 23.5. The van der Waals surface area contributed by atoms with Gasteiger partial charge in [0.15, 0.2) is 11.6 Å². The van der Waals surface area contributed by atoms with E-state index in [1.165, 1.54) is 0 Å². The Balaban J connectivity index is 1.57. The largest absolute Gasteiger partial charge is 0.497 e. The van der Waals surface area contributed by atoms with Crippen LogP contribution in [0.3, 0.4) is 0 Å². The summed E-state index contributed by atoms with van der Waals surface area (Å²) < 4.78 is 12.7. The lowest BCUT2D eigenvalue weighted by molar-refractivity contribution is 0.414. The predicted molar refractivity (Wildman–Crippen MR) is 132 cm³/mol. The van der Waals surface area contributed by atoms with Gasteiger partial charge in [-0.05, 0) is 17.7 Å². The van der Waals surface area contributed by atoms with Crippen LogP contribution in [-0.4, -0.2) is 39.0 Å². The molecule has 8 heteroatoms. The normalized spacial score (nSPS) is 10.9. The molecular weight excluding hydrogens is 428 g/mol. The molecule has 170 valence electrons. The lowest BCUT2D eigenvalue weighted by Gasteiger charge is -2.13. The third-order valence-electron chi connectivity index (χ3n) is 5.66. The highest BCUT2D eigenvalue weighted by Gasteiger charge is 2.19. The SMILES string of the molecule is COc1ccc(CNc2nc3c(-c4cnn(C)c4-c4ccccc4)ncnc3cc2OC)cc1. The van der Waals surface area contributed by atoms with E-state index in [0.717, 1.165) is 28.1 Å². The number of nitrogens with zero attached hydrogens (tertiary/aromatic N) is 5. The van der Waals surface area contributed by atoms with E-state index in [9.17, 15) is 0 Å². The molecule has 34 heavy (non-hydrogen) atoms. The van der Waals surface area contributed by atoms with Gasteiger partial charge in [0.05, 0.1) is 31.6 Å². The number of aryl methyl sites for hydroxylation is 1. The van der Waals surface area contributed by atoms with Crippen molar-refractivity contribution >= 4 is 16.9 Å². The highest BCUT2D eigenvalue weighted by atomic mass is 16.5. The van der Waals surface area contributed by atoms with Crippen molar-refractivity contribution in [2.75, 3.05) is 19.5 Å². The fraction of sp³-hybridized carbons (Fsp3) is 0.154. The highest BCUT2D eigenvalue weighted by molar-refractivity contribution is 5.94. The average molecular weight is 453 g/mol. The summed E-state index contributed by atoms with van der Waals surface area (Å²) in [4.78, 5) is 13.9. The number of ether oxygens (including phenoxy) is 2. The summed E-state index contributed by atoms with van der Waals surface area (Å²) in [6.07, 6.45) is 3.37. The van der Waals surface area contributed by atoms with Crippen LogP contribution in [0.15, 0.2) is 73.2 Å². The van der Waals surface area contributed by atoms with E-state index in [1.807, 2.05) is 66.5 Å². The Bertz CT molecular complexity index is 1430. The van der Waals surface area contributed by atoms with E-state index in [1.54, 1.807) is 20.5 Å². The molecular formula is C26H24N6O2. The van der Waals surface area contributed by atoms with Crippen LogP contribution >= 0.6 is 0 Å². The van der Waals surface area contributed by atoms with E-state index >= 15 is 0 Å². The Kier molecular flexibility index (Phi) is 5.78. The summed E-state index contributed by atoms with van der Waals surface area (Å²) in [5, 5.41) is 7.89. The Morgan fingerprint density at radius 2 is 1.74 bits per heavy atom. The van der Waals surface area contributed by atoms with Crippen LogP contribution in [0.2, 0.25) is 0 Å². The number of pyridine rings is 1. The molecule has 1 N–H and O–H groups in total. The van der Waals surface area contributed by atoms with Gasteiger partial charge in [-0.2, -0.15) is 5.10 Å². The maximum atomic E-state index is 5.60. The van der Waals surface area contributed by atoms with Gasteiger partial charge in [0.25, 0.3) is 0 Å². The van der Waals surface area contributed by atoms with Gasteiger partial charge in [-0.3, -0.25) is 4.68 Å².